The van der Waals surface area contributed by atoms with Crippen molar-refractivity contribution in [1.29, 1.82) is 0 Å². The van der Waals surface area contributed by atoms with Crippen LogP contribution in [0.25, 0.3) is 0 Å². The Morgan fingerprint density at radius 1 is 1.04 bits per heavy atom. The number of aryl methyl sites for hydroxylation is 1. The standard InChI is InChI=1S/C19H21F2NO2S/c1-19(2)15(9-3-12-4-10-16(20)17(21)11-12)18(19)13-5-7-14(8-6-13)25(22,23)24/h4-8,10-11,15,18H,3,9H2,1-2H3,(H2,22,23,24)/t15-,18-/m1/s1. The van der Waals surface area contributed by atoms with Crippen LogP contribution >= 0.6 is 0 Å². The Balaban J connectivity index is 1.70. The highest BCUT2D eigenvalue weighted by atomic mass is 32.2. The molecule has 25 heavy (non-hydrogen) atoms. The third kappa shape index (κ3) is 3.60. The van der Waals surface area contributed by atoms with E-state index < -0.39 is 21.7 Å². The van der Waals surface area contributed by atoms with Gasteiger partial charge < -0.3 is 0 Å². The summed E-state index contributed by atoms with van der Waals surface area (Å²) in [4.78, 5) is 0.105. The van der Waals surface area contributed by atoms with Crippen LogP contribution in [-0.2, 0) is 16.4 Å². The molecule has 134 valence electrons. The maximum atomic E-state index is 13.3. The molecular weight excluding hydrogens is 344 g/mol. The number of rotatable bonds is 5. The van der Waals surface area contributed by atoms with E-state index >= 15 is 0 Å². The van der Waals surface area contributed by atoms with Gasteiger partial charge in [-0.2, -0.15) is 0 Å². The summed E-state index contributed by atoms with van der Waals surface area (Å²) in [6.45, 7) is 4.34. The highest BCUT2D eigenvalue weighted by Gasteiger charge is 2.57. The van der Waals surface area contributed by atoms with Crippen LogP contribution in [0.3, 0.4) is 0 Å². The number of hydrogen-bond acceptors (Lipinski definition) is 2. The summed E-state index contributed by atoms with van der Waals surface area (Å²) >= 11 is 0. The third-order valence-corrected chi connectivity index (χ3v) is 6.28. The minimum atomic E-state index is -3.69. The molecule has 0 saturated heterocycles. The summed E-state index contributed by atoms with van der Waals surface area (Å²) in [6, 6.07) is 10.7. The highest BCUT2D eigenvalue weighted by Crippen LogP contribution is 2.66. The monoisotopic (exact) mass is 365 g/mol. The number of primary sulfonamides is 1. The van der Waals surface area contributed by atoms with Gasteiger partial charge in [0.05, 0.1) is 4.90 Å². The summed E-state index contributed by atoms with van der Waals surface area (Å²) in [7, 11) is -3.69. The van der Waals surface area contributed by atoms with E-state index in [1.807, 2.05) is 12.1 Å². The molecule has 1 saturated carbocycles. The molecule has 1 aliphatic rings. The van der Waals surface area contributed by atoms with Gasteiger partial charge in [0, 0.05) is 0 Å². The Morgan fingerprint density at radius 2 is 1.68 bits per heavy atom. The van der Waals surface area contributed by atoms with Crippen LogP contribution in [0.2, 0.25) is 0 Å². The quantitative estimate of drug-likeness (QED) is 0.871. The van der Waals surface area contributed by atoms with Crippen molar-refractivity contribution in [2.45, 2.75) is 37.5 Å². The Morgan fingerprint density at radius 3 is 2.24 bits per heavy atom. The normalized spacial score (nSPS) is 22.0. The fourth-order valence-electron chi connectivity index (χ4n) is 3.83. The zero-order valence-corrected chi connectivity index (χ0v) is 15.0. The summed E-state index contributed by atoms with van der Waals surface area (Å²) in [5.74, 6) is -0.931. The van der Waals surface area contributed by atoms with Gasteiger partial charge in [-0.15, -0.1) is 0 Å². The van der Waals surface area contributed by atoms with E-state index in [1.54, 1.807) is 6.07 Å². The van der Waals surface area contributed by atoms with Crippen LogP contribution in [0.1, 0.15) is 37.3 Å². The number of sulfonamides is 1. The van der Waals surface area contributed by atoms with E-state index in [0.29, 0.717) is 18.3 Å². The van der Waals surface area contributed by atoms with Crippen LogP contribution in [-0.4, -0.2) is 8.42 Å². The lowest BCUT2D eigenvalue weighted by atomic mass is 10.0. The van der Waals surface area contributed by atoms with Crippen molar-refractivity contribution in [2.75, 3.05) is 0 Å². The Bertz CT molecular complexity index is 892. The average Bonchev–Trinajstić information content (AvgIpc) is 3.09. The Kier molecular flexibility index (Phi) is 4.45. The Hall–Kier alpha value is -1.79. The lowest BCUT2D eigenvalue weighted by Crippen LogP contribution is -2.11. The fraction of sp³-hybridized carbons (Fsp3) is 0.368. The molecule has 0 spiro atoms. The first kappa shape index (κ1) is 18.0. The molecule has 2 aromatic rings. The summed E-state index contributed by atoms with van der Waals surface area (Å²) in [5, 5.41) is 5.13. The fourth-order valence-corrected chi connectivity index (χ4v) is 4.34. The summed E-state index contributed by atoms with van der Waals surface area (Å²) in [5.41, 5.74) is 1.94. The highest BCUT2D eigenvalue weighted by molar-refractivity contribution is 7.89. The lowest BCUT2D eigenvalue weighted by molar-refractivity contribution is 0.504. The van der Waals surface area contributed by atoms with Gasteiger partial charge in [-0.25, -0.2) is 22.3 Å². The van der Waals surface area contributed by atoms with Crippen LogP contribution in [0.4, 0.5) is 8.78 Å². The molecule has 0 heterocycles. The second-order valence-corrected chi connectivity index (χ2v) is 8.87. The molecule has 0 amide bonds. The van der Waals surface area contributed by atoms with Gasteiger partial charge in [0.25, 0.3) is 0 Å². The molecule has 2 aromatic carbocycles. The number of halogens is 2. The lowest BCUT2D eigenvalue weighted by Gasteiger charge is -2.04. The molecule has 0 radical (unpaired) electrons. The molecule has 0 aliphatic heterocycles. The van der Waals surface area contributed by atoms with Crippen molar-refractivity contribution in [3.63, 3.8) is 0 Å². The number of benzene rings is 2. The maximum absolute atomic E-state index is 13.3. The molecule has 6 heteroatoms. The van der Waals surface area contributed by atoms with Gasteiger partial charge in [-0.05, 0) is 65.5 Å². The first-order valence-corrected chi connectivity index (χ1v) is 9.72. The molecular formula is C19H21F2NO2S. The van der Waals surface area contributed by atoms with Crippen LogP contribution < -0.4 is 5.14 Å². The van der Waals surface area contributed by atoms with Gasteiger partial charge in [-0.3, -0.25) is 0 Å². The molecule has 0 unspecified atom stereocenters. The van der Waals surface area contributed by atoms with Gasteiger partial charge in [0.15, 0.2) is 11.6 Å². The van der Waals surface area contributed by atoms with Crippen molar-refractivity contribution >= 4 is 10.0 Å². The zero-order valence-electron chi connectivity index (χ0n) is 14.2. The predicted molar refractivity (Wildman–Crippen MR) is 92.5 cm³/mol. The molecule has 3 nitrogen and oxygen atoms in total. The van der Waals surface area contributed by atoms with Crippen LogP contribution in [0, 0.1) is 23.0 Å². The van der Waals surface area contributed by atoms with Gasteiger partial charge in [0.1, 0.15) is 0 Å². The second-order valence-electron chi connectivity index (χ2n) is 7.31. The van der Waals surface area contributed by atoms with Crippen molar-refractivity contribution in [3.05, 3.63) is 65.2 Å². The molecule has 1 fully saturated rings. The predicted octanol–water partition coefficient (Wildman–Crippen LogP) is 3.98. The third-order valence-electron chi connectivity index (χ3n) is 5.35. The van der Waals surface area contributed by atoms with Crippen molar-refractivity contribution in [3.8, 4) is 0 Å². The van der Waals surface area contributed by atoms with Crippen LogP contribution in [0.15, 0.2) is 47.4 Å². The minimum Gasteiger partial charge on any atom is -0.225 e. The van der Waals surface area contributed by atoms with Crippen molar-refractivity contribution < 1.29 is 17.2 Å². The summed E-state index contributed by atoms with van der Waals surface area (Å²) < 4.78 is 49.0. The van der Waals surface area contributed by atoms with E-state index in [-0.39, 0.29) is 10.3 Å². The van der Waals surface area contributed by atoms with E-state index in [0.717, 1.165) is 23.6 Å². The van der Waals surface area contributed by atoms with E-state index in [4.69, 9.17) is 5.14 Å². The smallest absolute Gasteiger partial charge is 0.225 e. The first-order chi connectivity index (χ1) is 11.6. The SMILES string of the molecule is CC1(C)[C@H](CCc2ccc(F)c(F)c2)[C@H]1c1ccc(S(N)(=O)=O)cc1. The van der Waals surface area contributed by atoms with E-state index in [2.05, 4.69) is 13.8 Å². The van der Waals surface area contributed by atoms with Crippen molar-refractivity contribution in [1.82, 2.24) is 0 Å². The first-order valence-electron chi connectivity index (χ1n) is 8.17. The molecule has 3 rings (SSSR count). The van der Waals surface area contributed by atoms with Gasteiger partial charge in [0.2, 0.25) is 10.0 Å². The Labute approximate surface area is 146 Å². The molecule has 0 bridgehead atoms. The van der Waals surface area contributed by atoms with E-state index in [1.165, 1.54) is 18.2 Å². The minimum absolute atomic E-state index is 0.0850. The molecule has 2 N–H and O–H groups in total. The zero-order chi connectivity index (χ0) is 18.4. The molecule has 2 atom stereocenters. The maximum Gasteiger partial charge on any atom is 0.238 e. The second kappa shape index (κ2) is 6.18. The largest absolute Gasteiger partial charge is 0.238 e. The number of hydrogen-bond donors (Lipinski definition) is 1. The van der Waals surface area contributed by atoms with Gasteiger partial charge >= 0.3 is 0 Å². The van der Waals surface area contributed by atoms with Crippen molar-refractivity contribution in [2.24, 2.45) is 16.5 Å². The topological polar surface area (TPSA) is 60.2 Å². The van der Waals surface area contributed by atoms with Gasteiger partial charge in [-0.1, -0.05) is 32.0 Å². The summed E-state index contributed by atoms with van der Waals surface area (Å²) in [6.07, 6.45) is 1.54. The average molecular weight is 365 g/mol. The molecule has 0 aromatic heterocycles. The van der Waals surface area contributed by atoms with E-state index in [9.17, 15) is 17.2 Å². The van der Waals surface area contributed by atoms with Crippen LogP contribution in [0.5, 0.6) is 0 Å². The molecule has 1 aliphatic carbocycles. The number of nitrogens with two attached hydrogens (primary N) is 1.